The van der Waals surface area contributed by atoms with Crippen LogP contribution in [0.5, 0.6) is 0 Å². The third kappa shape index (κ3) is 2.14. The molecule has 20 heavy (non-hydrogen) atoms. The average Bonchev–Trinajstić information content (AvgIpc) is 2.45. The summed E-state index contributed by atoms with van der Waals surface area (Å²) in [5.74, 6) is -1.29. The SMILES string of the molecule is Nc1c(Nc2ccc(F)cc2F)ccc2cnccc12. The maximum absolute atomic E-state index is 13.6. The molecule has 5 heteroatoms. The molecule has 1 heterocycles. The van der Waals surface area contributed by atoms with Gasteiger partial charge in [0.25, 0.3) is 0 Å². The Balaban J connectivity index is 2.04. The number of nitrogens with zero attached hydrogens (tertiary/aromatic N) is 1. The van der Waals surface area contributed by atoms with Crippen LogP contribution in [-0.2, 0) is 0 Å². The molecular formula is C15H11F2N3. The minimum atomic E-state index is -0.667. The molecule has 0 bridgehead atoms. The Kier molecular flexibility index (Phi) is 2.95. The van der Waals surface area contributed by atoms with Crippen molar-refractivity contribution < 1.29 is 8.78 Å². The van der Waals surface area contributed by atoms with E-state index in [0.29, 0.717) is 11.4 Å². The van der Waals surface area contributed by atoms with Gasteiger partial charge in [0.1, 0.15) is 11.6 Å². The highest BCUT2D eigenvalue weighted by atomic mass is 19.1. The number of anilines is 3. The van der Waals surface area contributed by atoms with Crippen molar-refractivity contribution in [2.75, 3.05) is 11.1 Å². The second-order valence-electron chi connectivity index (χ2n) is 4.37. The predicted molar refractivity (Wildman–Crippen MR) is 75.8 cm³/mol. The van der Waals surface area contributed by atoms with Crippen molar-refractivity contribution in [2.45, 2.75) is 0 Å². The van der Waals surface area contributed by atoms with Crippen LogP contribution in [0.1, 0.15) is 0 Å². The van der Waals surface area contributed by atoms with Gasteiger partial charge in [0, 0.05) is 29.2 Å². The van der Waals surface area contributed by atoms with E-state index in [1.165, 1.54) is 12.1 Å². The Hall–Kier alpha value is -2.69. The van der Waals surface area contributed by atoms with E-state index in [0.717, 1.165) is 16.8 Å². The topological polar surface area (TPSA) is 50.9 Å². The van der Waals surface area contributed by atoms with Crippen LogP contribution in [0.15, 0.2) is 48.8 Å². The molecule has 0 radical (unpaired) electrons. The van der Waals surface area contributed by atoms with Crippen LogP contribution >= 0.6 is 0 Å². The molecule has 0 amide bonds. The molecule has 0 unspecified atom stereocenters. The van der Waals surface area contributed by atoms with Crippen LogP contribution in [0.25, 0.3) is 10.8 Å². The summed E-state index contributed by atoms with van der Waals surface area (Å²) in [7, 11) is 0. The van der Waals surface area contributed by atoms with E-state index in [1.807, 2.05) is 6.07 Å². The highest BCUT2D eigenvalue weighted by molar-refractivity contribution is 5.99. The number of rotatable bonds is 2. The number of fused-ring (bicyclic) bond motifs is 1. The summed E-state index contributed by atoms with van der Waals surface area (Å²) in [6.07, 6.45) is 3.34. The number of nitrogens with one attached hydrogen (secondary N) is 1. The number of nitrogens with two attached hydrogens (primary N) is 1. The molecule has 3 rings (SSSR count). The first-order valence-corrected chi connectivity index (χ1v) is 5.99. The van der Waals surface area contributed by atoms with E-state index >= 15 is 0 Å². The first-order valence-electron chi connectivity index (χ1n) is 5.99. The van der Waals surface area contributed by atoms with Gasteiger partial charge >= 0.3 is 0 Å². The van der Waals surface area contributed by atoms with E-state index in [9.17, 15) is 8.78 Å². The summed E-state index contributed by atoms with van der Waals surface area (Å²) in [4.78, 5) is 4.01. The first kappa shape index (κ1) is 12.3. The van der Waals surface area contributed by atoms with E-state index in [4.69, 9.17) is 5.73 Å². The third-order valence-electron chi connectivity index (χ3n) is 3.06. The smallest absolute Gasteiger partial charge is 0.149 e. The zero-order valence-corrected chi connectivity index (χ0v) is 10.4. The monoisotopic (exact) mass is 271 g/mol. The highest BCUT2D eigenvalue weighted by Gasteiger charge is 2.08. The molecule has 0 aliphatic carbocycles. The molecule has 0 aliphatic rings. The molecule has 1 aromatic heterocycles. The summed E-state index contributed by atoms with van der Waals surface area (Å²) in [6, 6.07) is 8.71. The standard InChI is InChI=1S/C15H11F2N3/c16-10-2-4-13(12(17)7-10)20-14-3-1-9-8-19-6-5-11(9)15(14)18/h1-8,20H,18H2. The van der Waals surface area contributed by atoms with Gasteiger partial charge in [-0.25, -0.2) is 8.78 Å². The van der Waals surface area contributed by atoms with Gasteiger partial charge in [-0.05, 0) is 24.3 Å². The number of aromatic nitrogens is 1. The van der Waals surface area contributed by atoms with Gasteiger partial charge in [-0.3, -0.25) is 4.98 Å². The van der Waals surface area contributed by atoms with Crippen molar-refractivity contribution in [3.05, 3.63) is 60.4 Å². The zero-order chi connectivity index (χ0) is 14.1. The molecular weight excluding hydrogens is 260 g/mol. The summed E-state index contributed by atoms with van der Waals surface area (Å²) in [5.41, 5.74) is 7.29. The minimum absolute atomic E-state index is 0.173. The second kappa shape index (κ2) is 4.77. The van der Waals surface area contributed by atoms with Gasteiger partial charge in [-0.2, -0.15) is 0 Å². The summed E-state index contributed by atoms with van der Waals surface area (Å²) >= 11 is 0. The maximum atomic E-state index is 13.6. The Morgan fingerprint density at radius 3 is 2.60 bits per heavy atom. The molecule has 0 aliphatic heterocycles. The molecule has 2 aromatic carbocycles. The van der Waals surface area contributed by atoms with Crippen LogP contribution in [0.4, 0.5) is 25.8 Å². The second-order valence-corrected chi connectivity index (χ2v) is 4.37. The molecule has 100 valence electrons. The normalized spacial score (nSPS) is 10.7. The lowest BCUT2D eigenvalue weighted by molar-refractivity contribution is 0.586. The number of pyridine rings is 1. The van der Waals surface area contributed by atoms with Crippen LogP contribution < -0.4 is 11.1 Å². The Morgan fingerprint density at radius 1 is 1.00 bits per heavy atom. The molecule has 0 saturated carbocycles. The first-order chi connectivity index (χ1) is 9.65. The number of halogens is 2. The van der Waals surface area contributed by atoms with Crippen molar-refractivity contribution in [1.29, 1.82) is 0 Å². The number of hydrogen-bond donors (Lipinski definition) is 2. The quantitative estimate of drug-likeness (QED) is 0.696. The van der Waals surface area contributed by atoms with Crippen molar-refractivity contribution >= 4 is 27.8 Å². The maximum Gasteiger partial charge on any atom is 0.149 e. The van der Waals surface area contributed by atoms with Crippen LogP contribution in [0.2, 0.25) is 0 Å². The van der Waals surface area contributed by atoms with Gasteiger partial charge in [0.2, 0.25) is 0 Å². The van der Waals surface area contributed by atoms with Crippen molar-refractivity contribution in [3.8, 4) is 0 Å². The van der Waals surface area contributed by atoms with E-state index in [-0.39, 0.29) is 5.69 Å². The fourth-order valence-electron chi connectivity index (χ4n) is 2.04. The number of nitrogen functional groups attached to an aromatic ring is 1. The highest BCUT2D eigenvalue weighted by Crippen LogP contribution is 2.31. The van der Waals surface area contributed by atoms with Gasteiger partial charge in [0.05, 0.1) is 17.1 Å². The Labute approximate surface area is 114 Å². The number of benzene rings is 2. The van der Waals surface area contributed by atoms with Gasteiger partial charge < -0.3 is 11.1 Å². The van der Waals surface area contributed by atoms with Crippen LogP contribution in [0, 0.1) is 11.6 Å². The van der Waals surface area contributed by atoms with Crippen molar-refractivity contribution in [1.82, 2.24) is 4.98 Å². The molecule has 0 spiro atoms. The summed E-state index contributed by atoms with van der Waals surface area (Å²) in [6.45, 7) is 0. The molecule has 0 saturated heterocycles. The molecule has 0 fully saturated rings. The average molecular weight is 271 g/mol. The van der Waals surface area contributed by atoms with Crippen molar-refractivity contribution in [2.24, 2.45) is 0 Å². The molecule has 0 atom stereocenters. The Morgan fingerprint density at radius 2 is 1.80 bits per heavy atom. The van der Waals surface area contributed by atoms with E-state index in [2.05, 4.69) is 10.3 Å². The number of hydrogen-bond acceptors (Lipinski definition) is 3. The van der Waals surface area contributed by atoms with E-state index in [1.54, 1.807) is 24.5 Å². The fraction of sp³-hybridized carbons (Fsp3) is 0. The molecule has 3 N–H and O–H groups in total. The lowest BCUT2D eigenvalue weighted by atomic mass is 10.1. The molecule has 3 aromatic rings. The zero-order valence-electron chi connectivity index (χ0n) is 10.4. The molecule has 3 nitrogen and oxygen atoms in total. The lowest BCUT2D eigenvalue weighted by Crippen LogP contribution is -1.99. The van der Waals surface area contributed by atoms with Crippen molar-refractivity contribution in [3.63, 3.8) is 0 Å². The lowest BCUT2D eigenvalue weighted by Gasteiger charge is -2.12. The minimum Gasteiger partial charge on any atom is -0.397 e. The Bertz CT molecular complexity index is 787. The van der Waals surface area contributed by atoms with Crippen LogP contribution in [-0.4, -0.2) is 4.98 Å². The van der Waals surface area contributed by atoms with Gasteiger partial charge in [-0.1, -0.05) is 6.07 Å². The predicted octanol–water partition coefficient (Wildman–Crippen LogP) is 3.84. The van der Waals surface area contributed by atoms with Crippen LogP contribution in [0.3, 0.4) is 0 Å². The van der Waals surface area contributed by atoms with Gasteiger partial charge in [-0.15, -0.1) is 0 Å². The summed E-state index contributed by atoms with van der Waals surface area (Å²) < 4.78 is 26.5. The largest absolute Gasteiger partial charge is 0.397 e. The fourth-order valence-corrected chi connectivity index (χ4v) is 2.04. The summed E-state index contributed by atoms with van der Waals surface area (Å²) in [5, 5.41) is 4.60. The van der Waals surface area contributed by atoms with E-state index < -0.39 is 11.6 Å². The van der Waals surface area contributed by atoms with Gasteiger partial charge in [0.15, 0.2) is 0 Å². The third-order valence-corrected chi connectivity index (χ3v) is 3.06.